The third kappa shape index (κ3) is 3.63. The number of hydrogen-bond acceptors (Lipinski definition) is 6. The minimum Gasteiger partial charge on any atom is -0.481 e. The molecule has 1 aliphatic rings. The number of carbonyl (C=O) groups is 2. The third-order valence-corrected chi connectivity index (χ3v) is 3.87. The minimum absolute atomic E-state index is 0.0304. The summed E-state index contributed by atoms with van der Waals surface area (Å²) in [6.45, 7) is 2.79. The Hall–Kier alpha value is -2.38. The van der Waals surface area contributed by atoms with Gasteiger partial charge < -0.3 is 20.8 Å². The molecule has 0 radical (unpaired) electrons. The molecule has 0 bridgehead atoms. The molecule has 8 nitrogen and oxygen atoms in total. The third-order valence-electron chi connectivity index (χ3n) is 3.87. The van der Waals surface area contributed by atoms with Gasteiger partial charge in [0.05, 0.1) is 5.92 Å². The Morgan fingerprint density at radius 3 is 2.73 bits per heavy atom. The number of hydrogen-bond donors (Lipinski definition) is 3. The number of anilines is 2. The van der Waals surface area contributed by atoms with Crippen LogP contribution in [0.5, 0.6) is 0 Å². The smallest absolute Gasteiger partial charge is 0.308 e. The summed E-state index contributed by atoms with van der Waals surface area (Å²) in [6, 6.07) is 0. The summed E-state index contributed by atoms with van der Waals surface area (Å²) in [4.78, 5) is 32.2. The van der Waals surface area contributed by atoms with Gasteiger partial charge in [-0.15, -0.1) is 0 Å². The zero-order chi connectivity index (χ0) is 16.3. The molecule has 2 heterocycles. The van der Waals surface area contributed by atoms with Crippen LogP contribution in [0.3, 0.4) is 0 Å². The Balaban J connectivity index is 2.31. The van der Waals surface area contributed by atoms with Gasteiger partial charge in [-0.05, 0) is 26.2 Å². The van der Waals surface area contributed by atoms with Gasteiger partial charge in [0.2, 0.25) is 5.95 Å². The van der Waals surface area contributed by atoms with E-state index in [1.165, 1.54) is 0 Å². The quantitative estimate of drug-likeness (QED) is 0.724. The highest BCUT2D eigenvalue weighted by molar-refractivity contribution is 5.71. The SMILES string of the molecule is Cc1nc(N)nc(N2CCC[C@H](C(=O)O)C2)c1CCC(=O)O. The van der Waals surface area contributed by atoms with E-state index in [0.717, 1.165) is 12.0 Å². The van der Waals surface area contributed by atoms with Gasteiger partial charge in [-0.3, -0.25) is 9.59 Å². The summed E-state index contributed by atoms with van der Waals surface area (Å²) in [5.41, 5.74) is 7.07. The zero-order valence-electron chi connectivity index (χ0n) is 12.4. The van der Waals surface area contributed by atoms with Crippen molar-refractivity contribution in [3.63, 3.8) is 0 Å². The molecule has 22 heavy (non-hydrogen) atoms. The fourth-order valence-corrected chi connectivity index (χ4v) is 2.76. The zero-order valence-corrected chi connectivity index (χ0v) is 12.4. The van der Waals surface area contributed by atoms with Gasteiger partial charge in [0, 0.05) is 30.8 Å². The van der Waals surface area contributed by atoms with E-state index in [1.54, 1.807) is 6.92 Å². The van der Waals surface area contributed by atoms with E-state index in [4.69, 9.17) is 10.8 Å². The number of aryl methyl sites for hydroxylation is 1. The number of nitrogens with zero attached hydrogens (tertiary/aromatic N) is 3. The summed E-state index contributed by atoms with van der Waals surface area (Å²) in [5.74, 6) is -1.49. The van der Waals surface area contributed by atoms with Crippen LogP contribution in [0.2, 0.25) is 0 Å². The second-order valence-corrected chi connectivity index (χ2v) is 5.49. The monoisotopic (exact) mass is 308 g/mol. The fraction of sp³-hybridized carbons (Fsp3) is 0.571. The number of rotatable bonds is 5. The molecule has 120 valence electrons. The van der Waals surface area contributed by atoms with Crippen LogP contribution in [-0.2, 0) is 16.0 Å². The van der Waals surface area contributed by atoms with Gasteiger partial charge in [-0.25, -0.2) is 4.98 Å². The minimum atomic E-state index is -0.899. The van der Waals surface area contributed by atoms with Crippen LogP contribution >= 0.6 is 0 Å². The predicted molar refractivity (Wildman–Crippen MR) is 79.7 cm³/mol. The molecule has 0 spiro atoms. The first kappa shape index (κ1) is 16.0. The molecular weight excluding hydrogens is 288 g/mol. The van der Waals surface area contributed by atoms with Gasteiger partial charge in [0.1, 0.15) is 5.82 Å². The van der Waals surface area contributed by atoms with E-state index in [-0.39, 0.29) is 12.4 Å². The molecule has 1 atom stereocenters. The van der Waals surface area contributed by atoms with Crippen molar-refractivity contribution in [3.8, 4) is 0 Å². The Kier molecular flexibility index (Phi) is 4.79. The lowest BCUT2D eigenvalue weighted by Gasteiger charge is -2.33. The highest BCUT2D eigenvalue weighted by Gasteiger charge is 2.28. The number of carboxylic acid groups (broad SMARTS) is 2. The molecule has 1 aromatic heterocycles. The predicted octanol–water partition coefficient (Wildman–Crippen LogP) is 0.685. The Bertz CT molecular complexity index is 590. The normalized spacial score (nSPS) is 18.2. The van der Waals surface area contributed by atoms with E-state index < -0.39 is 17.9 Å². The van der Waals surface area contributed by atoms with Crippen molar-refractivity contribution in [3.05, 3.63) is 11.3 Å². The molecule has 1 saturated heterocycles. The lowest BCUT2D eigenvalue weighted by molar-refractivity contribution is -0.142. The maximum atomic E-state index is 11.2. The van der Waals surface area contributed by atoms with Crippen LogP contribution in [0.4, 0.5) is 11.8 Å². The van der Waals surface area contributed by atoms with E-state index in [2.05, 4.69) is 9.97 Å². The molecule has 0 saturated carbocycles. The van der Waals surface area contributed by atoms with Gasteiger partial charge in [0.25, 0.3) is 0 Å². The average molecular weight is 308 g/mol. The number of nitrogen functional groups attached to an aromatic ring is 1. The molecule has 4 N–H and O–H groups in total. The van der Waals surface area contributed by atoms with E-state index >= 15 is 0 Å². The van der Waals surface area contributed by atoms with E-state index in [0.29, 0.717) is 37.4 Å². The largest absolute Gasteiger partial charge is 0.481 e. The lowest BCUT2D eigenvalue weighted by Crippen LogP contribution is -2.40. The topological polar surface area (TPSA) is 130 Å². The number of piperidine rings is 1. The summed E-state index contributed by atoms with van der Waals surface area (Å²) >= 11 is 0. The van der Waals surface area contributed by atoms with E-state index in [1.807, 2.05) is 4.90 Å². The summed E-state index contributed by atoms with van der Waals surface area (Å²) in [5, 5.41) is 18.1. The molecule has 1 aliphatic heterocycles. The molecule has 0 amide bonds. The lowest BCUT2D eigenvalue weighted by atomic mass is 9.97. The molecule has 0 aromatic carbocycles. The maximum absolute atomic E-state index is 11.2. The maximum Gasteiger partial charge on any atom is 0.308 e. The average Bonchev–Trinajstić information content (AvgIpc) is 2.45. The van der Waals surface area contributed by atoms with Gasteiger partial charge in [-0.2, -0.15) is 4.98 Å². The van der Waals surface area contributed by atoms with E-state index in [9.17, 15) is 14.7 Å². The van der Waals surface area contributed by atoms with Crippen molar-refractivity contribution >= 4 is 23.7 Å². The summed E-state index contributed by atoms with van der Waals surface area (Å²) < 4.78 is 0. The Labute approximate surface area is 128 Å². The number of carboxylic acids is 2. The molecule has 0 aliphatic carbocycles. The summed E-state index contributed by atoms with van der Waals surface area (Å²) in [6.07, 6.45) is 1.65. The van der Waals surface area contributed by atoms with Crippen LogP contribution in [0, 0.1) is 12.8 Å². The molecular formula is C14H20N4O4. The van der Waals surface area contributed by atoms with Crippen LogP contribution in [0.15, 0.2) is 0 Å². The first-order valence-electron chi connectivity index (χ1n) is 7.21. The second kappa shape index (κ2) is 6.59. The van der Waals surface area contributed by atoms with Crippen molar-refractivity contribution in [2.24, 2.45) is 5.92 Å². The molecule has 0 unspecified atom stereocenters. The molecule has 2 rings (SSSR count). The van der Waals surface area contributed by atoms with Crippen LogP contribution in [0.1, 0.15) is 30.5 Å². The highest BCUT2D eigenvalue weighted by atomic mass is 16.4. The van der Waals surface area contributed by atoms with Gasteiger partial charge in [0.15, 0.2) is 0 Å². The number of aliphatic carboxylic acids is 2. The summed E-state index contributed by atoms with van der Waals surface area (Å²) in [7, 11) is 0. The first-order valence-corrected chi connectivity index (χ1v) is 7.21. The molecule has 1 fully saturated rings. The number of nitrogens with two attached hydrogens (primary N) is 1. The fourth-order valence-electron chi connectivity index (χ4n) is 2.76. The van der Waals surface area contributed by atoms with Crippen molar-refractivity contribution < 1.29 is 19.8 Å². The van der Waals surface area contributed by atoms with Crippen LogP contribution in [-0.4, -0.2) is 45.2 Å². The van der Waals surface area contributed by atoms with Gasteiger partial charge in [-0.1, -0.05) is 0 Å². The van der Waals surface area contributed by atoms with Crippen LogP contribution in [0.25, 0.3) is 0 Å². The second-order valence-electron chi connectivity index (χ2n) is 5.49. The highest BCUT2D eigenvalue weighted by Crippen LogP contribution is 2.28. The van der Waals surface area contributed by atoms with Gasteiger partial charge >= 0.3 is 11.9 Å². The van der Waals surface area contributed by atoms with Crippen molar-refractivity contribution in [1.82, 2.24) is 9.97 Å². The Morgan fingerprint density at radius 1 is 1.36 bits per heavy atom. The standard InChI is InChI=1S/C14H20N4O4/c1-8-10(4-5-11(19)20)12(17-14(15)16-8)18-6-2-3-9(7-18)13(21)22/h9H,2-7H2,1H3,(H,19,20)(H,21,22)(H2,15,16,17)/t9-/m0/s1. The van der Waals surface area contributed by atoms with Crippen LogP contribution < -0.4 is 10.6 Å². The Morgan fingerprint density at radius 2 is 2.09 bits per heavy atom. The van der Waals surface area contributed by atoms with Crippen molar-refractivity contribution in [1.29, 1.82) is 0 Å². The van der Waals surface area contributed by atoms with Crippen molar-refractivity contribution in [2.45, 2.75) is 32.6 Å². The van der Waals surface area contributed by atoms with Crippen molar-refractivity contribution in [2.75, 3.05) is 23.7 Å². The number of aromatic nitrogens is 2. The first-order chi connectivity index (χ1) is 10.4. The molecule has 8 heteroatoms. The molecule has 1 aromatic rings.